The monoisotopic (exact) mass is 254 g/mol. The molecule has 0 atom stereocenters. The molecule has 0 aliphatic heterocycles. The van der Waals surface area contributed by atoms with Crippen LogP contribution < -0.4 is 0 Å². The maximum Gasteiger partial charge on any atom is 0.236 e. The number of hydrogen-bond acceptors (Lipinski definition) is 3. The van der Waals surface area contributed by atoms with Crippen LogP contribution in [0, 0.1) is 5.82 Å². The van der Waals surface area contributed by atoms with Crippen LogP contribution in [0.15, 0.2) is 24.3 Å². The Morgan fingerprint density at radius 3 is 2.44 bits per heavy atom. The summed E-state index contributed by atoms with van der Waals surface area (Å²) in [6, 6.07) is 6.09. The molecule has 0 saturated carbocycles. The van der Waals surface area contributed by atoms with E-state index in [0.29, 0.717) is 13.1 Å². The van der Waals surface area contributed by atoms with Gasteiger partial charge >= 0.3 is 0 Å². The molecule has 0 bridgehead atoms. The van der Waals surface area contributed by atoms with E-state index in [1.54, 1.807) is 36.0 Å². The quantitative estimate of drug-likeness (QED) is 0.813. The van der Waals surface area contributed by atoms with Crippen LogP contribution in [0.4, 0.5) is 4.39 Å². The van der Waals surface area contributed by atoms with Crippen molar-refractivity contribution in [3.05, 3.63) is 35.6 Å². The van der Waals surface area contributed by atoms with Gasteiger partial charge in [0.05, 0.1) is 13.2 Å². The first-order valence-corrected chi connectivity index (χ1v) is 5.80. The molecule has 18 heavy (non-hydrogen) atoms. The second-order valence-electron chi connectivity index (χ2n) is 4.34. The van der Waals surface area contributed by atoms with E-state index in [4.69, 9.17) is 5.11 Å². The van der Waals surface area contributed by atoms with Gasteiger partial charge in [-0.25, -0.2) is 4.39 Å². The topological polar surface area (TPSA) is 43.8 Å². The number of aliphatic hydroxyl groups is 1. The van der Waals surface area contributed by atoms with Crippen molar-refractivity contribution in [3.63, 3.8) is 0 Å². The minimum atomic E-state index is -0.282. The van der Waals surface area contributed by atoms with Crippen molar-refractivity contribution in [1.29, 1.82) is 0 Å². The molecule has 0 heterocycles. The number of carbonyl (C=O) groups is 1. The molecule has 0 fully saturated rings. The fourth-order valence-corrected chi connectivity index (χ4v) is 1.55. The Kier molecular flexibility index (Phi) is 5.74. The first-order chi connectivity index (χ1) is 8.52. The molecular formula is C13H19FN2O2. The highest BCUT2D eigenvalue weighted by Crippen LogP contribution is 2.05. The van der Waals surface area contributed by atoms with E-state index in [2.05, 4.69) is 0 Å². The van der Waals surface area contributed by atoms with Gasteiger partial charge in [0.15, 0.2) is 0 Å². The molecule has 0 aliphatic rings. The summed E-state index contributed by atoms with van der Waals surface area (Å²) < 4.78 is 12.7. The smallest absolute Gasteiger partial charge is 0.236 e. The van der Waals surface area contributed by atoms with Gasteiger partial charge in [-0.1, -0.05) is 12.1 Å². The third kappa shape index (κ3) is 4.81. The van der Waals surface area contributed by atoms with E-state index in [0.717, 1.165) is 5.56 Å². The van der Waals surface area contributed by atoms with Crippen molar-refractivity contribution in [2.24, 2.45) is 0 Å². The number of aliphatic hydroxyl groups excluding tert-OH is 1. The molecule has 1 aromatic carbocycles. The van der Waals surface area contributed by atoms with Crippen molar-refractivity contribution in [2.75, 3.05) is 33.8 Å². The first kappa shape index (κ1) is 14.6. The number of amides is 1. The maximum atomic E-state index is 12.7. The summed E-state index contributed by atoms with van der Waals surface area (Å²) in [5, 5.41) is 8.75. The third-order valence-corrected chi connectivity index (χ3v) is 2.65. The van der Waals surface area contributed by atoms with E-state index in [9.17, 15) is 9.18 Å². The zero-order chi connectivity index (χ0) is 13.5. The highest BCUT2D eigenvalue weighted by Gasteiger charge is 2.11. The van der Waals surface area contributed by atoms with Crippen molar-refractivity contribution in [2.45, 2.75) is 6.54 Å². The molecule has 0 radical (unpaired) electrons. The molecule has 0 unspecified atom stereocenters. The van der Waals surface area contributed by atoms with Gasteiger partial charge in [-0.15, -0.1) is 0 Å². The molecule has 1 aromatic rings. The molecule has 1 N–H and O–H groups in total. The fourth-order valence-electron chi connectivity index (χ4n) is 1.55. The van der Waals surface area contributed by atoms with Crippen LogP contribution in [-0.2, 0) is 11.3 Å². The second-order valence-corrected chi connectivity index (χ2v) is 4.34. The molecule has 0 saturated heterocycles. The fraction of sp³-hybridized carbons (Fsp3) is 0.462. The minimum Gasteiger partial charge on any atom is -0.395 e. The van der Waals surface area contributed by atoms with E-state index in [1.165, 1.54) is 12.1 Å². The van der Waals surface area contributed by atoms with E-state index in [1.807, 2.05) is 0 Å². The Hall–Kier alpha value is -1.46. The molecule has 4 nitrogen and oxygen atoms in total. The zero-order valence-corrected chi connectivity index (χ0v) is 10.8. The molecule has 0 aromatic heterocycles. The summed E-state index contributed by atoms with van der Waals surface area (Å²) in [4.78, 5) is 15.2. The summed E-state index contributed by atoms with van der Waals surface area (Å²) in [6.45, 7) is 1.21. The van der Waals surface area contributed by atoms with Crippen molar-refractivity contribution < 1.29 is 14.3 Å². The number of benzene rings is 1. The van der Waals surface area contributed by atoms with Crippen LogP contribution in [0.2, 0.25) is 0 Å². The summed E-state index contributed by atoms with van der Waals surface area (Å²) in [6.07, 6.45) is 0. The molecule has 0 spiro atoms. The lowest BCUT2D eigenvalue weighted by Gasteiger charge is -2.21. The molecular weight excluding hydrogens is 235 g/mol. The van der Waals surface area contributed by atoms with Gasteiger partial charge in [0.2, 0.25) is 5.91 Å². The largest absolute Gasteiger partial charge is 0.395 e. The van der Waals surface area contributed by atoms with Crippen LogP contribution in [-0.4, -0.2) is 54.6 Å². The van der Waals surface area contributed by atoms with Crippen LogP contribution in [0.25, 0.3) is 0 Å². The summed E-state index contributed by atoms with van der Waals surface area (Å²) >= 11 is 0. The first-order valence-electron chi connectivity index (χ1n) is 5.80. The Morgan fingerprint density at radius 2 is 1.89 bits per heavy atom. The third-order valence-electron chi connectivity index (χ3n) is 2.65. The Morgan fingerprint density at radius 1 is 1.28 bits per heavy atom. The van der Waals surface area contributed by atoms with Gasteiger partial charge in [0, 0.05) is 20.1 Å². The minimum absolute atomic E-state index is 0.0322. The normalized spacial score (nSPS) is 10.7. The van der Waals surface area contributed by atoms with Crippen LogP contribution in [0.5, 0.6) is 0 Å². The van der Waals surface area contributed by atoms with E-state index < -0.39 is 0 Å². The average Bonchev–Trinajstić information content (AvgIpc) is 2.32. The molecule has 100 valence electrons. The predicted molar refractivity (Wildman–Crippen MR) is 67.5 cm³/mol. The number of halogens is 1. The number of nitrogens with zero attached hydrogens (tertiary/aromatic N) is 2. The van der Waals surface area contributed by atoms with E-state index in [-0.39, 0.29) is 24.9 Å². The van der Waals surface area contributed by atoms with Gasteiger partial charge in [0.25, 0.3) is 0 Å². The summed E-state index contributed by atoms with van der Waals surface area (Å²) in [5.74, 6) is -0.314. The summed E-state index contributed by atoms with van der Waals surface area (Å²) in [5.41, 5.74) is 0.886. The predicted octanol–water partition coefficient (Wildman–Crippen LogP) is 0.708. The zero-order valence-electron chi connectivity index (χ0n) is 10.8. The van der Waals surface area contributed by atoms with Gasteiger partial charge < -0.3 is 10.0 Å². The highest BCUT2D eigenvalue weighted by atomic mass is 19.1. The van der Waals surface area contributed by atoms with Crippen LogP contribution in [0.1, 0.15) is 5.56 Å². The Bertz CT molecular complexity index is 381. The van der Waals surface area contributed by atoms with Gasteiger partial charge in [-0.2, -0.15) is 0 Å². The second kappa shape index (κ2) is 7.08. The van der Waals surface area contributed by atoms with Gasteiger partial charge in [-0.3, -0.25) is 9.69 Å². The lowest BCUT2D eigenvalue weighted by Crippen LogP contribution is -2.37. The van der Waals surface area contributed by atoms with Crippen LogP contribution in [0.3, 0.4) is 0 Å². The molecule has 1 rings (SSSR count). The average molecular weight is 254 g/mol. The molecule has 5 heteroatoms. The number of rotatable bonds is 6. The van der Waals surface area contributed by atoms with Crippen LogP contribution >= 0.6 is 0 Å². The lowest BCUT2D eigenvalue weighted by atomic mass is 10.2. The molecule has 0 aliphatic carbocycles. The van der Waals surface area contributed by atoms with Gasteiger partial charge in [-0.05, 0) is 24.7 Å². The summed E-state index contributed by atoms with van der Waals surface area (Å²) in [7, 11) is 3.48. The van der Waals surface area contributed by atoms with Crippen molar-refractivity contribution in [1.82, 2.24) is 9.80 Å². The number of carbonyl (C=O) groups excluding carboxylic acids is 1. The van der Waals surface area contributed by atoms with E-state index >= 15 is 0 Å². The lowest BCUT2D eigenvalue weighted by molar-refractivity contribution is -0.131. The highest BCUT2D eigenvalue weighted by molar-refractivity contribution is 5.77. The Balaban J connectivity index is 2.46. The SMILES string of the molecule is CN(CCO)CC(=O)N(C)Cc1ccc(F)cc1. The number of likely N-dealkylation sites (N-methyl/N-ethyl adjacent to an activating group) is 2. The number of hydrogen-bond donors (Lipinski definition) is 1. The standard InChI is InChI=1S/C13H19FN2O2/c1-15(7-8-17)10-13(18)16(2)9-11-3-5-12(14)6-4-11/h3-6,17H,7-10H2,1-2H3. The Labute approximate surface area is 107 Å². The maximum absolute atomic E-state index is 12.7. The van der Waals surface area contributed by atoms with Crippen molar-refractivity contribution >= 4 is 5.91 Å². The van der Waals surface area contributed by atoms with Gasteiger partial charge in [0.1, 0.15) is 5.82 Å². The molecule has 1 amide bonds. The van der Waals surface area contributed by atoms with Crippen molar-refractivity contribution in [3.8, 4) is 0 Å².